The molecule has 1 heterocycles. The van der Waals surface area contributed by atoms with Crippen LogP contribution in [0.5, 0.6) is 0 Å². The molecule has 82 valence electrons. The largest absolute Gasteiger partial charge is 0.367 e. The van der Waals surface area contributed by atoms with Crippen molar-refractivity contribution in [1.82, 2.24) is 4.98 Å². The van der Waals surface area contributed by atoms with Gasteiger partial charge in [0.2, 0.25) is 0 Å². The van der Waals surface area contributed by atoms with E-state index in [0.29, 0.717) is 6.10 Å². The molecule has 2 rings (SSSR count). The summed E-state index contributed by atoms with van der Waals surface area (Å²) in [6.07, 6.45) is 5.72. The molecule has 0 saturated heterocycles. The number of hydrogen-bond donors (Lipinski definition) is 1. The van der Waals surface area contributed by atoms with Crippen molar-refractivity contribution in [3.8, 4) is 0 Å². The van der Waals surface area contributed by atoms with Gasteiger partial charge in [-0.05, 0) is 38.3 Å². The van der Waals surface area contributed by atoms with Crippen LogP contribution in [-0.2, 0) is 4.74 Å². The van der Waals surface area contributed by atoms with Gasteiger partial charge in [-0.3, -0.25) is 4.98 Å². The second-order valence-electron chi connectivity index (χ2n) is 4.22. The predicted octanol–water partition coefficient (Wildman–Crippen LogP) is 2.04. The lowest BCUT2D eigenvalue weighted by Crippen LogP contribution is -2.33. The van der Waals surface area contributed by atoms with E-state index in [1.165, 1.54) is 6.42 Å². The molecule has 0 spiro atoms. The SMILES string of the molecule is CC(N)C(OC1CCC1)c1ccccn1. The molecule has 1 aromatic heterocycles. The van der Waals surface area contributed by atoms with Crippen molar-refractivity contribution in [2.75, 3.05) is 0 Å². The number of ether oxygens (including phenoxy) is 1. The zero-order chi connectivity index (χ0) is 10.7. The first kappa shape index (κ1) is 10.6. The molecule has 2 unspecified atom stereocenters. The molecule has 0 bridgehead atoms. The van der Waals surface area contributed by atoms with Crippen LogP contribution in [0.4, 0.5) is 0 Å². The average molecular weight is 206 g/mol. The summed E-state index contributed by atoms with van der Waals surface area (Å²) < 4.78 is 5.95. The highest BCUT2D eigenvalue weighted by molar-refractivity contribution is 5.09. The predicted molar refractivity (Wildman–Crippen MR) is 59.4 cm³/mol. The highest BCUT2D eigenvalue weighted by atomic mass is 16.5. The first-order valence-electron chi connectivity index (χ1n) is 5.59. The Labute approximate surface area is 90.7 Å². The molecule has 15 heavy (non-hydrogen) atoms. The Bertz CT molecular complexity index is 296. The number of aromatic nitrogens is 1. The standard InChI is InChI=1S/C12H18N2O/c1-9(13)12(15-10-5-4-6-10)11-7-2-3-8-14-11/h2-3,7-10,12H,4-6,13H2,1H3. The lowest BCUT2D eigenvalue weighted by Gasteiger charge is -2.32. The molecule has 0 aliphatic heterocycles. The monoisotopic (exact) mass is 206 g/mol. The van der Waals surface area contributed by atoms with Gasteiger partial charge in [0.05, 0.1) is 11.8 Å². The topological polar surface area (TPSA) is 48.1 Å². The van der Waals surface area contributed by atoms with Gasteiger partial charge in [-0.2, -0.15) is 0 Å². The number of nitrogens with two attached hydrogens (primary N) is 1. The van der Waals surface area contributed by atoms with E-state index in [1.54, 1.807) is 6.20 Å². The maximum absolute atomic E-state index is 5.95. The summed E-state index contributed by atoms with van der Waals surface area (Å²) in [6.45, 7) is 1.97. The molecule has 3 nitrogen and oxygen atoms in total. The minimum absolute atomic E-state index is 0.0134. The number of rotatable bonds is 4. The number of nitrogens with zero attached hydrogens (tertiary/aromatic N) is 1. The van der Waals surface area contributed by atoms with Crippen molar-refractivity contribution in [1.29, 1.82) is 0 Å². The molecule has 2 atom stereocenters. The minimum atomic E-state index is -0.0588. The van der Waals surface area contributed by atoms with Crippen LogP contribution in [0.2, 0.25) is 0 Å². The van der Waals surface area contributed by atoms with E-state index in [0.717, 1.165) is 18.5 Å². The molecule has 1 aliphatic rings. The van der Waals surface area contributed by atoms with Crippen LogP contribution in [0.25, 0.3) is 0 Å². The highest BCUT2D eigenvalue weighted by Crippen LogP contribution is 2.29. The van der Waals surface area contributed by atoms with E-state index in [4.69, 9.17) is 10.5 Å². The summed E-state index contributed by atoms with van der Waals surface area (Å²) >= 11 is 0. The Hall–Kier alpha value is -0.930. The molecule has 1 saturated carbocycles. The third-order valence-electron chi connectivity index (χ3n) is 2.85. The lowest BCUT2D eigenvalue weighted by atomic mass is 9.95. The zero-order valence-electron chi connectivity index (χ0n) is 9.10. The number of pyridine rings is 1. The molecular weight excluding hydrogens is 188 g/mol. The van der Waals surface area contributed by atoms with Crippen molar-refractivity contribution in [2.24, 2.45) is 5.73 Å². The van der Waals surface area contributed by atoms with Crippen LogP contribution in [0, 0.1) is 0 Å². The lowest BCUT2D eigenvalue weighted by molar-refractivity contribution is -0.0629. The fourth-order valence-electron chi connectivity index (χ4n) is 1.72. The van der Waals surface area contributed by atoms with Crippen molar-refractivity contribution in [3.05, 3.63) is 30.1 Å². The Morgan fingerprint density at radius 2 is 2.27 bits per heavy atom. The molecule has 2 N–H and O–H groups in total. The maximum Gasteiger partial charge on any atom is 0.115 e. The average Bonchev–Trinajstić information content (AvgIpc) is 2.17. The molecule has 1 fully saturated rings. The van der Waals surface area contributed by atoms with Gasteiger partial charge < -0.3 is 10.5 Å². The molecule has 0 amide bonds. The van der Waals surface area contributed by atoms with E-state index >= 15 is 0 Å². The Morgan fingerprint density at radius 1 is 1.47 bits per heavy atom. The second kappa shape index (κ2) is 4.73. The van der Waals surface area contributed by atoms with Crippen LogP contribution < -0.4 is 5.73 Å². The van der Waals surface area contributed by atoms with E-state index in [9.17, 15) is 0 Å². The molecule has 1 aliphatic carbocycles. The fraction of sp³-hybridized carbons (Fsp3) is 0.583. The van der Waals surface area contributed by atoms with Gasteiger partial charge in [0, 0.05) is 12.2 Å². The van der Waals surface area contributed by atoms with Gasteiger partial charge in [0.1, 0.15) is 6.10 Å². The highest BCUT2D eigenvalue weighted by Gasteiger charge is 2.26. The van der Waals surface area contributed by atoms with Crippen molar-refractivity contribution in [3.63, 3.8) is 0 Å². The molecule has 0 radical (unpaired) electrons. The quantitative estimate of drug-likeness (QED) is 0.820. The van der Waals surface area contributed by atoms with Gasteiger partial charge >= 0.3 is 0 Å². The summed E-state index contributed by atoms with van der Waals surface area (Å²) in [4.78, 5) is 4.31. The van der Waals surface area contributed by atoms with Crippen LogP contribution >= 0.6 is 0 Å². The van der Waals surface area contributed by atoms with Gasteiger partial charge in [0.25, 0.3) is 0 Å². The van der Waals surface area contributed by atoms with E-state index in [1.807, 2.05) is 25.1 Å². The molecule has 0 aromatic carbocycles. The van der Waals surface area contributed by atoms with Crippen molar-refractivity contribution in [2.45, 2.75) is 44.4 Å². The molecular formula is C12H18N2O. The van der Waals surface area contributed by atoms with E-state index in [2.05, 4.69) is 4.98 Å². The molecule has 1 aromatic rings. The summed E-state index contributed by atoms with van der Waals surface area (Å²) in [5.41, 5.74) is 6.87. The summed E-state index contributed by atoms with van der Waals surface area (Å²) in [5, 5.41) is 0. The van der Waals surface area contributed by atoms with Crippen molar-refractivity contribution >= 4 is 0 Å². The Morgan fingerprint density at radius 3 is 2.73 bits per heavy atom. The number of hydrogen-bond acceptors (Lipinski definition) is 3. The van der Waals surface area contributed by atoms with Crippen LogP contribution in [0.3, 0.4) is 0 Å². The summed E-state index contributed by atoms with van der Waals surface area (Å²) in [6, 6.07) is 5.85. The first-order chi connectivity index (χ1) is 7.27. The Kier molecular flexibility index (Phi) is 3.34. The van der Waals surface area contributed by atoms with Gasteiger partial charge in [-0.15, -0.1) is 0 Å². The van der Waals surface area contributed by atoms with Crippen LogP contribution in [0.15, 0.2) is 24.4 Å². The summed E-state index contributed by atoms with van der Waals surface area (Å²) in [5.74, 6) is 0. The van der Waals surface area contributed by atoms with Gasteiger partial charge in [0.15, 0.2) is 0 Å². The van der Waals surface area contributed by atoms with Crippen molar-refractivity contribution < 1.29 is 4.74 Å². The third kappa shape index (κ3) is 2.55. The second-order valence-corrected chi connectivity index (χ2v) is 4.22. The van der Waals surface area contributed by atoms with E-state index < -0.39 is 0 Å². The van der Waals surface area contributed by atoms with Crippen LogP contribution in [0.1, 0.15) is 38.0 Å². The maximum atomic E-state index is 5.95. The third-order valence-corrected chi connectivity index (χ3v) is 2.85. The summed E-state index contributed by atoms with van der Waals surface area (Å²) in [7, 11) is 0. The smallest absolute Gasteiger partial charge is 0.115 e. The molecule has 3 heteroatoms. The minimum Gasteiger partial charge on any atom is -0.367 e. The van der Waals surface area contributed by atoms with E-state index in [-0.39, 0.29) is 12.1 Å². The van der Waals surface area contributed by atoms with Crippen LogP contribution in [-0.4, -0.2) is 17.1 Å². The Balaban J connectivity index is 2.05. The van der Waals surface area contributed by atoms with Gasteiger partial charge in [-0.25, -0.2) is 0 Å². The first-order valence-corrected chi connectivity index (χ1v) is 5.59. The van der Waals surface area contributed by atoms with Gasteiger partial charge in [-0.1, -0.05) is 6.07 Å². The zero-order valence-corrected chi connectivity index (χ0v) is 9.10. The fourth-order valence-corrected chi connectivity index (χ4v) is 1.72. The normalized spacial score (nSPS) is 20.7.